The molecule has 0 radical (unpaired) electrons. The summed E-state index contributed by atoms with van der Waals surface area (Å²) in [6, 6.07) is 0. The summed E-state index contributed by atoms with van der Waals surface area (Å²) in [6.07, 6.45) is 7.26. The Morgan fingerprint density at radius 1 is 1.12 bits per heavy atom. The molecule has 2 aromatic heterocycles. The van der Waals surface area contributed by atoms with Crippen molar-refractivity contribution >= 4 is 32.9 Å². The van der Waals surface area contributed by atoms with Gasteiger partial charge in [0.25, 0.3) is 0 Å². The summed E-state index contributed by atoms with van der Waals surface area (Å²) in [6.45, 7) is 2.20. The van der Waals surface area contributed by atoms with E-state index in [2.05, 4.69) is 27.5 Å². The lowest BCUT2D eigenvalue weighted by Crippen LogP contribution is -2.28. The maximum atomic E-state index is 4.24. The molecule has 0 aliphatic rings. The minimum atomic E-state index is 0.201. The van der Waals surface area contributed by atoms with Crippen LogP contribution >= 0.6 is 22.7 Å². The minimum Gasteiger partial charge on any atom is -0.342 e. The van der Waals surface area contributed by atoms with Crippen LogP contribution in [0.25, 0.3) is 0 Å². The molecule has 2 heterocycles. The van der Waals surface area contributed by atoms with Gasteiger partial charge in [-0.05, 0) is 12.8 Å². The van der Waals surface area contributed by atoms with E-state index in [1.165, 1.54) is 12.8 Å². The average Bonchev–Trinajstić information content (AvgIpc) is 2.99. The predicted molar refractivity (Wildman–Crippen MR) is 74.8 cm³/mol. The number of aromatic nitrogens is 2. The Bertz CT molecular complexity index is 363. The van der Waals surface area contributed by atoms with E-state index in [1.54, 1.807) is 22.7 Å². The SMILES string of the molecule is CCCCC(Nc1nccs1)Nc1nccs1. The van der Waals surface area contributed by atoms with Crippen LogP contribution in [-0.4, -0.2) is 16.1 Å². The molecule has 2 N–H and O–H groups in total. The summed E-state index contributed by atoms with van der Waals surface area (Å²) in [4.78, 5) is 8.49. The number of unbranched alkanes of at least 4 members (excludes halogenated alkanes) is 1. The van der Waals surface area contributed by atoms with E-state index in [9.17, 15) is 0 Å². The highest BCUT2D eigenvalue weighted by Gasteiger charge is 2.10. The van der Waals surface area contributed by atoms with Crippen molar-refractivity contribution in [1.82, 2.24) is 9.97 Å². The molecule has 2 rings (SSSR count). The number of nitrogens with one attached hydrogen (secondary N) is 2. The fourth-order valence-electron chi connectivity index (χ4n) is 1.48. The molecule has 4 nitrogen and oxygen atoms in total. The highest BCUT2D eigenvalue weighted by molar-refractivity contribution is 7.14. The van der Waals surface area contributed by atoms with Crippen molar-refractivity contribution in [2.45, 2.75) is 32.4 Å². The molecular weight excluding hydrogens is 252 g/mol. The molecule has 2 aromatic rings. The van der Waals surface area contributed by atoms with Gasteiger partial charge < -0.3 is 10.6 Å². The topological polar surface area (TPSA) is 49.8 Å². The first kappa shape index (κ1) is 12.3. The lowest BCUT2D eigenvalue weighted by atomic mass is 10.2. The monoisotopic (exact) mass is 268 g/mol. The van der Waals surface area contributed by atoms with Gasteiger partial charge in [0.15, 0.2) is 10.3 Å². The Morgan fingerprint density at radius 2 is 1.71 bits per heavy atom. The molecule has 0 bridgehead atoms. The van der Waals surface area contributed by atoms with E-state index < -0.39 is 0 Å². The molecule has 92 valence electrons. The van der Waals surface area contributed by atoms with Crippen molar-refractivity contribution < 1.29 is 0 Å². The van der Waals surface area contributed by atoms with Gasteiger partial charge in [0.1, 0.15) is 6.17 Å². The van der Waals surface area contributed by atoms with Crippen molar-refractivity contribution in [3.63, 3.8) is 0 Å². The molecular formula is C11H16N4S2. The van der Waals surface area contributed by atoms with Gasteiger partial charge in [-0.15, -0.1) is 22.7 Å². The number of hydrogen-bond donors (Lipinski definition) is 2. The van der Waals surface area contributed by atoms with Crippen LogP contribution < -0.4 is 10.6 Å². The first-order valence-corrected chi connectivity index (χ1v) is 7.46. The normalized spacial score (nSPS) is 10.7. The molecule has 0 aliphatic heterocycles. The van der Waals surface area contributed by atoms with Crippen LogP contribution in [0.15, 0.2) is 23.2 Å². The van der Waals surface area contributed by atoms with Gasteiger partial charge in [-0.1, -0.05) is 13.3 Å². The van der Waals surface area contributed by atoms with Crippen LogP contribution in [0.3, 0.4) is 0 Å². The summed E-state index contributed by atoms with van der Waals surface area (Å²) in [7, 11) is 0. The van der Waals surface area contributed by atoms with Crippen LogP contribution in [0.2, 0.25) is 0 Å². The third-order valence-corrected chi connectivity index (χ3v) is 3.72. The Kier molecular flexibility index (Phi) is 4.75. The molecule has 0 unspecified atom stereocenters. The fourth-order valence-corrected chi connectivity index (χ4v) is 2.64. The van der Waals surface area contributed by atoms with Crippen LogP contribution in [0, 0.1) is 0 Å². The third kappa shape index (κ3) is 3.98. The number of thiazole rings is 2. The van der Waals surface area contributed by atoms with Gasteiger partial charge in [-0.3, -0.25) is 0 Å². The molecule has 0 fully saturated rings. The van der Waals surface area contributed by atoms with E-state index in [0.717, 1.165) is 16.7 Å². The van der Waals surface area contributed by atoms with Gasteiger partial charge in [0, 0.05) is 23.2 Å². The summed E-state index contributed by atoms with van der Waals surface area (Å²) in [5.41, 5.74) is 0. The number of nitrogens with zero attached hydrogens (tertiary/aromatic N) is 2. The Labute approximate surface area is 109 Å². The molecule has 6 heteroatoms. The van der Waals surface area contributed by atoms with Crippen LogP contribution in [0.5, 0.6) is 0 Å². The summed E-state index contributed by atoms with van der Waals surface area (Å²) < 4.78 is 0. The standard InChI is InChI=1S/C11H16N4S2/c1-2-3-4-9(14-10-12-5-7-16-10)15-11-13-6-8-17-11/h5-9H,2-4H2,1H3,(H,12,14)(H,13,15). The zero-order valence-corrected chi connectivity index (χ0v) is 11.4. The Morgan fingerprint density at radius 3 is 2.12 bits per heavy atom. The molecule has 17 heavy (non-hydrogen) atoms. The number of rotatable bonds is 7. The summed E-state index contributed by atoms with van der Waals surface area (Å²) in [5, 5.41) is 12.6. The first-order chi connectivity index (χ1) is 8.38. The van der Waals surface area contributed by atoms with E-state index in [-0.39, 0.29) is 6.17 Å². The molecule has 0 saturated carbocycles. The second-order valence-corrected chi connectivity index (χ2v) is 5.45. The van der Waals surface area contributed by atoms with Crippen molar-refractivity contribution in [3.05, 3.63) is 23.2 Å². The first-order valence-electron chi connectivity index (χ1n) is 5.70. The maximum absolute atomic E-state index is 4.24. The minimum absolute atomic E-state index is 0.201. The zero-order valence-electron chi connectivity index (χ0n) is 9.72. The molecule has 0 atom stereocenters. The van der Waals surface area contributed by atoms with E-state index in [4.69, 9.17) is 0 Å². The van der Waals surface area contributed by atoms with Crippen molar-refractivity contribution in [1.29, 1.82) is 0 Å². The molecule has 0 aliphatic carbocycles. The molecule has 0 spiro atoms. The van der Waals surface area contributed by atoms with Crippen molar-refractivity contribution in [3.8, 4) is 0 Å². The van der Waals surface area contributed by atoms with Crippen molar-refractivity contribution in [2.75, 3.05) is 10.6 Å². The summed E-state index contributed by atoms with van der Waals surface area (Å²) in [5.74, 6) is 0. The Balaban J connectivity index is 1.92. The van der Waals surface area contributed by atoms with Crippen LogP contribution in [0.4, 0.5) is 10.3 Å². The highest BCUT2D eigenvalue weighted by Crippen LogP contribution is 2.18. The number of hydrogen-bond acceptors (Lipinski definition) is 6. The second kappa shape index (κ2) is 6.56. The van der Waals surface area contributed by atoms with Gasteiger partial charge >= 0.3 is 0 Å². The van der Waals surface area contributed by atoms with Crippen molar-refractivity contribution in [2.24, 2.45) is 0 Å². The van der Waals surface area contributed by atoms with E-state index >= 15 is 0 Å². The molecule has 0 saturated heterocycles. The summed E-state index contributed by atoms with van der Waals surface area (Å²) >= 11 is 3.24. The van der Waals surface area contributed by atoms with Gasteiger partial charge in [0.05, 0.1) is 0 Å². The van der Waals surface area contributed by atoms with E-state index in [1.807, 2.05) is 23.2 Å². The largest absolute Gasteiger partial charge is 0.342 e. The van der Waals surface area contributed by atoms with Gasteiger partial charge in [-0.25, -0.2) is 9.97 Å². The second-order valence-electron chi connectivity index (χ2n) is 3.66. The van der Waals surface area contributed by atoms with E-state index in [0.29, 0.717) is 0 Å². The zero-order chi connectivity index (χ0) is 11.9. The quantitative estimate of drug-likeness (QED) is 0.753. The fraction of sp³-hybridized carbons (Fsp3) is 0.455. The smallest absolute Gasteiger partial charge is 0.184 e. The molecule has 0 aromatic carbocycles. The highest BCUT2D eigenvalue weighted by atomic mass is 32.1. The lowest BCUT2D eigenvalue weighted by Gasteiger charge is -2.18. The number of anilines is 2. The van der Waals surface area contributed by atoms with Gasteiger partial charge in [0.2, 0.25) is 0 Å². The Hall–Kier alpha value is -1.14. The van der Waals surface area contributed by atoms with Crippen LogP contribution in [-0.2, 0) is 0 Å². The predicted octanol–water partition coefficient (Wildman–Crippen LogP) is 3.64. The maximum Gasteiger partial charge on any atom is 0.184 e. The average molecular weight is 268 g/mol. The molecule has 0 amide bonds. The third-order valence-electron chi connectivity index (χ3n) is 2.31. The van der Waals surface area contributed by atoms with Gasteiger partial charge in [-0.2, -0.15) is 0 Å². The van der Waals surface area contributed by atoms with Crippen LogP contribution in [0.1, 0.15) is 26.2 Å². The lowest BCUT2D eigenvalue weighted by molar-refractivity contribution is 0.653.